The molecular weight excluding hydrogens is 282 g/mol. The predicted molar refractivity (Wildman–Crippen MR) is 78.7 cm³/mol. The Morgan fingerprint density at radius 1 is 1.58 bits per heavy atom. The maximum atomic E-state index is 12.4. The van der Waals surface area contributed by atoms with E-state index in [0.717, 1.165) is 36.8 Å². The summed E-state index contributed by atoms with van der Waals surface area (Å²) >= 11 is 7.25. The topological polar surface area (TPSA) is 36.4 Å². The number of hydrogen-bond donors (Lipinski definition) is 0. The largest absolute Gasteiger partial charge is 0.338 e. The van der Waals surface area contributed by atoms with Crippen LogP contribution in [0, 0.1) is 0 Å². The fourth-order valence-corrected chi connectivity index (χ4v) is 3.48. The van der Waals surface area contributed by atoms with Gasteiger partial charge < -0.3 is 9.80 Å². The number of likely N-dealkylation sites (N-methyl/N-ethyl adjacent to an activating group) is 1. The van der Waals surface area contributed by atoms with Crippen LogP contribution in [-0.2, 0) is 17.1 Å². The molecule has 1 saturated heterocycles. The zero-order chi connectivity index (χ0) is 13.8. The molecule has 0 N–H and O–H groups in total. The van der Waals surface area contributed by atoms with Gasteiger partial charge in [-0.05, 0) is 26.9 Å². The van der Waals surface area contributed by atoms with Gasteiger partial charge in [-0.15, -0.1) is 22.9 Å². The molecule has 0 radical (unpaired) electrons. The Bertz CT molecular complexity index is 437. The van der Waals surface area contributed by atoms with Crippen LogP contribution >= 0.6 is 22.9 Å². The second-order valence-corrected chi connectivity index (χ2v) is 6.30. The van der Waals surface area contributed by atoms with Crippen LogP contribution in [0.1, 0.15) is 24.0 Å². The third kappa shape index (κ3) is 3.91. The van der Waals surface area contributed by atoms with Gasteiger partial charge in [-0.25, -0.2) is 4.98 Å². The lowest BCUT2D eigenvalue weighted by atomic mass is 10.2. The van der Waals surface area contributed by atoms with Crippen molar-refractivity contribution >= 4 is 28.8 Å². The highest BCUT2D eigenvalue weighted by Crippen LogP contribution is 2.15. The lowest BCUT2D eigenvalue weighted by Gasteiger charge is -2.27. The summed E-state index contributed by atoms with van der Waals surface area (Å²) in [5.74, 6) is 0.591. The Hall–Kier alpha value is -0.650. The van der Waals surface area contributed by atoms with Crippen molar-refractivity contribution in [2.45, 2.75) is 31.7 Å². The fourth-order valence-electron chi connectivity index (χ4n) is 2.47. The van der Waals surface area contributed by atoms with Crippen LogP contribution in [-0.4, -0.2) is 53.4 Å². The van der Waals surface area contributed by atoms with Crippen LogP contribution in [0.15, 0.2) is 5.38 Å². The standard InChI is InChI=1S/C13H20ClN3OS/c1-10-8-16(2)4-3-5-17(10)13(18)6-12-15-11(7-14)9-19-12/h9-10H,3-8H2,1-2H3. The molecule has 1 unspecified atom stereocenters. The minimum Gasteiger partial charge on any atom is -0.338 e. The van der Waals surface area contributed by atoms with Gasteiger partial charge in [-0.3, -0.25) is 4.79 Å². The molecule has 106 valence electrons. The van der Waals surface area contributed by atoms with E-state index in [-0.39, 0.29) is 11.9 Å². The SMILES string of the molecule is CC1CN(C)CCCN1C(=O)Cc1nc(CCl)cs1. The smallest absolute Gasteiger partial charge is 0.229 e. The second-order valence-electron chi connectivity index (χ2n) is 5.09. The molecule has 0 spiro atoms. The Morgan fingerprint density at radius 2 is 2.37 bits per heavy atom. The molecule has 2 heterocycles. The number of carbonyl (C=O) groups excluding carboxylic acids is 1. The molecule has 4 nitrogen and oxygen atoms in total. The molecule has 0 bridgehead atoms. The van der Waals surface area contributed by atoms with Crippen molar-refractivity contribution in [3.05, 3.63) is 16.1 Å². The molecule has 0 aromatic carbocycles. The number of halogens is 1. The summed E-state index contributed by atoms with van der Waals surface area (Å²) in [6, 6.07) is 0.271. The third-order valence-corrected chi connectivity index (χ3v) is 4.58. The van der Waals surface area contributed by atoms with Crippen LogP contribution in [0.5, 0.6) is 0 Å². The van der Waals surface area contributed by atoms with Crippen molar-refractivity contribution < 1.29 is 4.79 Å². The Morgan fingerprint density at radius 3 is 3.05 bits per heavy atom. The molecule has 0 aliphatic carbocycles. The molecular formula is C13H20ClN3OS. The van der Waals surface area contributed by atoms with Crippen molar-refractivity contribution in [1.29, 1.82) is 0 Å². The molecule has 2 rings (SSSR count). The summed E-state index contributed by atoms with van der Waals surface area (Å²) in [5, 5.41) is 2.79. The van der Waals surface area contributed by atoms with Gasteiger partial charge in [0.15, 0.2) is 0 Å². The van der Waals surface area contributed by atoms with Gasteiger partial charge in [0.1, 0.15) is 5.01 Å². The molecule has 0 saturated carbocycles. The maximum absolute atomic E-state index is 12.4. The highest BCUT2D eigenvalue weighted by Gasteiger charge is 2.24. The van der Waals surface area contributed by atoms with E-state index < -0.39 is 0 Å². The van der Waals surface area contributed by atoms with Gasteiger partial charge >= 0.3 is 0 Å². The quantitative estimate of drug-likeness (QED) is 0.801. The van der Waals surface area contributed by atoms with Crippen molar-refractivity contribution in [3.63, 3.8) is 0 Å². The summed E-state index contributed by atoms with van der Waals surface area (Å²) in [4.78, 5) is 21.0. The van der Waals surface area contributed by atoms with E-state index in [1.807, 2.05) is 10.3 Å². The van der Waals surface area contributed by atoms with E-state index >= 15 is 0 Å². The first kappa shape index (κ1) is 14.8. The maximum Gasteiger partial charge on any atom is 0.229 e. The van der Waals surface area contributed by atoms with Gasteiger partial charge in [0, 0.05) is 24.5 Å². The van der Waals surface area contributed by atoms with Crippen LogP contribution in [0.4, 0.5) is 0 Å². The van der Waals surface area contributed by atoms with Crippen molar-refractivity contribution in [2.75, 3.05) is 26.7 Å². The van der Waals surface area contributed by atoms with Crippen LogP contribution in [0.3, 0.4) is 0 Å². The summed E-state index contributed by atoms with van der Waals surface area (Å²) in [5.41, 5.74) is 0.859. The van der Waals surface area contributed by atoms with Crippen molar-refractivity contribution in [3.8, 4) is 0 Å². The second kappa shape index (κ2) is 6.68. The Kier molecular flexibility index (Phi) is 5.19. The molecule has 1 atom stereocenters. The van der Waals surface area contributed by atoms with Crippen molar-refractivity contribution in [1.82, 2.24) is 14.8 Å². The molecule has 1 amide bonds. The third-order valence-electron chi connectivity index (χ3n) is 3.41. The van der Waals surface area contributed by atoms with E-state index in [4.69, 9.17) is 11.6 Å². The van der Waals surface area contributed by atoms with E-state index in [9.17, 15) is 4.79 Å². The minimum atomic E-state index is 0.179. The van der Waals surface area contributed by atoms with Gasteiger partial charge in [0.25, 0.3) is 0 Å². The van der Waals surface area contributed by atoms with Gasteiger partial charge in [-0.1, -0.05) is 0 Å². The Labute approximate surface area is 123 Å². The summed E-state index contributed by atoms with van der Waals surface area (Å²) in [7, 11) is 2.11. The molecule has 6 heteroatoms. The fraction of sp³-hybridized carbons (Fsp3) is 0.692. The molecule has 1 fully saturated rings. The monoisotopic (exact) mass is 301 g/mol. The van der Waals surface area contributed by atoms with E-state index in [1.165, 1.54) is 11.3 Å². The predicted octanol–water partition coefficient (Wildman–Crippen LogP) is 1.98. The number of carbonyl (C=O) groups is 1. The summed E-state index contributed by atoms with van der Waals surface area (Å²) in [6.45, 7) is 4.96. The number of hydrogen-bond acceptors (Lipinski definition) is 4. The average Bonchev–Trinajstić information content (AvgIpc) is 2.74. The molecule has 1 aromatic rings. The molecule has 1 aliphatic rings. The first-order chi connectivity index (χ1) is 9.10. The zero-order valence-corrected chi connectivity index (χ0v) is 13.0. The van der Waals surface area contributed by atoms with Crippen LogP contribution in [0.2, 0.25) is 0 Å². The number of nitrogens with zero attached hydrogens (tertiary/aromatic N) is 3. The zero-order valence-electron chi connectivity index (χ0n) is 11.4. The number of aromatic nitrogens is 1. The van der Waals surface area contributed by atoms with Crippen LogP contribution in [0.25, 0.3) is 0 Å². The van der Waals surface area contributed by atoms with E-state index in [2.05, 4.69) is 23.9 Å². The highest BCUT2D eigenvalue weighted by molar-refractivity contribution is 7.09. The summed E-state index contributed by atoms with van der Waals surface area (Å²) in [6.07, 6.45) is 1.44. The summed E-state index contributed by atoms with van der Waals surface area (Å²) < 4.78 is 0. The first-order valence-corrected chi connectivity index (χ1v) is 7.99. The molecule has 19 heavy (non-hydrogen) atoms. The molecule has 1 aromatic heterocycles. The van der Waals surface area contributed by atoms with Gasteiger partial charge in [0.2, 0.25) is 5.91 Å². The highest BCUT2D eigenvalue weighted by atomic mass is 35.5. The number of thiazole rings is 1. The lowest BCUT2D eigenvalue weighted by molar-refractivity contribution is -0.132. The normalized spacial score (nSPS) is 21.4. The average molecular weight is 302 g/mol. The van der Waals surface area contributed by atoms with E-state index in [1.54, 1.807) is 0 Å². The van der Waals surface area contributed by atoms with Crippen molar-refractivity contribution in [2.24, 2.45) is 0 Å². The first-order valence-electron chi connectivity index (χ1n) is 6.57. The van der Waals surface area contributed by atoms with Gasteiger partial charge in [-0.2, -0.15) is 0 Å². The minimum absolute atomic E-state index is 0.179. The van der Waals surface area contributed by atoms with Gasteiger partial charge in [0.05, 0.1) is 18.0 Å². The van der Waals surface area contributed by atoms with Crippen LogP contribution < -0.4 is 0 Å². The number of amides is 1. The number of rotatable bonds is 3. The molecule has 1 aliphatic heterocycles. The number of alkyl halides is 1. The Balaban J connectivity index is 1.98. The lowest BCUT2D eigenvalue weighted by Crippen LogP contribution is -2.42. The van der Waals surface area contributed by atoms with E-state index in [0.29, 0.717) is 12.3 Å².